The Balaban J connectivity index is 5.08. The molecular weight excluding hydrogens is 283 g/mol. The first-order valence-corrected chi connectivity index (χ1v) is 7.54. The van der Waals surface area contributed by atoms with Gasteiger partial charge in [-0.05, 0) is 36.7 Å². The first-order valence-electron chi connectivity index (χ1n) is 6.45. The van der Waals surface area contributed by atoms with Crippen molar-refractivity contribution in [2.75, 3.05) is 0 Å². The van der Waals surface area contributed by atoms with E-state index in [1.54, 1.807) is 27.7 Å². The molecule has 0 spiro atoms. The molecule has 0 aromatic carbocycles. The minimum Gasteiger partial charge on any atom is -0.106 e. The first kappa shape index (κ1) is 18.6. The van der Waals surface area contributed by atoms with Crippen LogP contribution in [0.15, 0.2) is 10.2 Å². The van der Waals surface area contributed by atoms with Crippen LogP contribution in [-0.2, 0) is 13.6 Å². The van der Waals surface area contributed by atoms with Gasteiger partial charge in [0.2, 0.25) is 11.4 Å². The number of hydrogen-bond acceptors (Lipinski definition) is 5. The van der Waals surface area contributed by atoms with Gasteiger partial charge in [0.25, 0.3) is 0 Å². The van der Waals surface area contributed by atoms with Crippen LogP contribution in [0.1, 0.15) is 53.4 Å². The third kappa shape index (κ3) is 4.96. The van der Waals surface area contributed by atoms with Crippen LogP contribution in [0.25, 0.3) is 20.9 Å². The van der Waals surface area contributed by atoms with E-state index in [-0.39, 0.29) is 0 Å². The van der Waals surface area contributed by atoms with Crippen LogP contribution < -0.4 is 0 Å². The van der Waals surface area contributed by atoms with Crippen molar-refractivity contribution in [2.24, 2.45) is 10.2 Å². The van der Waals surface area contributed by atoms with Gasteiger partial charge in [-0.15, -0.1) is 9.05 Å². The van der Waals surface area contributed by atoms with Crippen LogP contribution in [-0.4, -0.2) is 11.4 Å². The summed E-state index contributed by atoms with van der Waals surface area (Å²) in [5.74, 6) is 0. The summed E-state index contributed by atoms with van der Waals surface area (Å²) >= 11 is 0. The monoisotopic (exact) mass is 303 g/mol. The minimum absolute atomic E-state index is 0.352. The summed E-state index contributed by atoms with van der Waals surface area (Å²) in [6.45, 7) is 7.01. The summed E-state index contributed by atoms with van der Waals surface area (Å²) in [4.78, 5) is 5.42. The molecule has 10 heteroatoms. The SMILES string of the molecule is CCC(CC)(N=[N+]=[N-])O[P+](=O)OC(CC)(CC)N=[N+]=[N-]. The molecule has 0 amide bonds. The molecule has 0 radical (unpaired) electrons. The van der Waals surface area contributed by atoms with Gasteiger partial charge < -0.3 is 0 Å². The van der Waals surface area contributed by atoms with Crippen molar-refractivity contribution in [1.29, 1.82) is 0 Å². The van der Waals surface area contributed by atoms with Gasteiger partial charge in [0.15, 0.2) is 0 Å². The summed E-state index contributed by atoms with van der Waals surface area (Å²) in [6.07, 6.45) is 1.41. The van der Waals surface area contributed by atoms with Gasteiger partial charge in [0, 0.05) is 14.4 Å². The lowest BCUT2D eigenvalue weighted by Gasteiger charge is -2.21. The molecule has 0 aliphatic rings. The highest BCUT2D eigenvalue weighted by Crippen LogP contribution is 2.42. The van der Waals surface area contributed by atoms with E-state index in [1.807, 2.05) is 0 Å². The Morgan fingerprint density at radius 2 is 1.20 bits per heavy atom. The van der Waals surface area contributed by atoms with Crippen molar-refractivity contribution in [3.8, 4) is 0 Å². The molecule has 0 fully saturated rings. The second-order valence-electron chi connectivity index (χ2n) is 4.09. The highest BCUT2D eigenvalue weighted by molar-refractivity contribution is 7.33. The van der Waals surface area contributed by atoms with Gasteiger partial charge in [0.1, 0.15) is 0 Å². The fraction of sp³-hybridized carbons (Fsp3) is 1.00. The molecule has 0 aromatic heterocycles. The van der Waals surface area contributed by atoms with Gasteiger partial charge in [-0.2, -0.15) is 0 Å². The van der Waals surface area contributed by atoms with Crippen LogP contribution in [0, 0.1) is 0 Å². The molecule has 0 saturated heterocycles. The lowest BCUT2D eigenvalue weighted by Crippen LogP contribution is -2.29. The van der Waals surface area contributed by atoms with E-state index in [0.29, 0.717) is 25.7 Å². The fourth-order valence-electron chi connectivity index (χ4n) is 1.54. The van der Waals surface area contributed by atoms with E-state index in [9.17, 15) is 4.57 Å². The summed E-state index contributed by atoms with van der Waals surface area (Å²) in [7, 11) is -2.58. The Labute approximate surface area is 118 Å². The van der Waals surface area contributed by atoms with Crippen molar-refractivity contribution in [2.45, 2.75) is 64.8 Å². The molecule has 0 aromatic rings. The second-order valence-corrected chi connectivity index (χ2v) is 4.90. The lowest BCUT2D eigenvalue weighted by molar-refractivity contribution is 0.00941. The summed E-state index contributed by atoms with van der Waals surface area (Å²) in [6, 6.07) is 0. The molecule has 112 valence electrons. The Morgan fingerprint density at radius 1 is 0.900 bits per heavy atom. The third-order valence-electron chi connectivity index (χ3n) is 3.15. The maximum absolute atomic E-state index is 12.0. The van der Waals surface area contributed by atoms with Gasteiger partial charge in [-0.3, -0.25) is 0 Å². The van der Waals surface area contributed by atoms with Gasteiger partial charge >= 0.3 is 8.25 Å². The van der Waals surface area contributed by atoms with Crippen LogP contribution in [0.2, 0.25) is 0 Å². The van der Waals surface area contributed by atoms with E-state index in [0.717, 1.165) is 0 Å². The van der Waals surface area contributed by atoms with E-state index in [4.69, 9.17) is 20.1 Å². The Kier molecular flexibility index (Phi) is 8.15. The maximum Gasteiger partial charge on any atom is 0.698 e. The Bertz CT molecular complexity index is 385. The van der Waals surface area contributed by atoms with E-state index >= 15 is 0 Å². The number of nitrogens with zero attached hydrogens (tertiary/aromatic N) is 6. The Morgan fingerprint density at radius 3 is 1.40 bits per heavy atom. The normalized spacial score (nSPS) is 12.3. The average Bonchev–Trinajstić information content (AvgIpc) is 2.46. The van der Waals surface area contributed by atoms with Crippen LogP contribution >= 0.6 is 8.25 Å². The zero-order valence-corrected chi connectivity index (χ0v) is 13.1. The van der Waals surface area contributed by atoms with Crippen LogP contribution in [0.4, 0.5) is 0 Å². The lowest BCUT2D eigenvalue weighted by atomic mass is 10.1. The highest BCUT2D eigenvalue weighted by Gasteiger charge is 2.44. The quantitative estimate of drug-likeness (QED) is 0.233. The van der Waals surface area contributed by atoms with E-state index < -0.39 is 19.7 Å². The molecule has 0 bridgehead atoms. The second kappa shape index (κ2) is 8.74. The molecule has 0 heterocycles. The fourth-order valence-corrected chi connectivity index (χ4v) is 2.72. The zero-order chi connectivity index (χ0) is 15.6. The van der Waals surface area contributed by atoms with E-state index in [2.05, 4.69) is 20.1 Å². The summed E-state index contributed by atoms with van der Waals surface area (Å²) in [5, 5.41) is 7.10. The molecular formula is C10H20N6O3P+. The largest absolute Gasteiger partial charge is 0.698 e. The van der Waals surface area contributed by atoms with Crippen LogP contribution in [0.5, 0.6) is 0 Å². The average molecular weight is 303 g/mol. The molecule has 0 saturated carbocycles. The molecule has 0 atom stereocenters. The molecule has 0 aliphatic heterocycles. The first-order chi connectivity index (χ1) is 9.46. The number of rotatable bonds is 10. The maximum atomic E-state index is 12.0. The number of hydrogen-bond donors (Lipinski definition) is 0. The van der Waals surface area contributed by atoms with Crippen molar-refractivity contribution >= 4 is 8.25 Å². The summed E-state index contributed by atoms with van der Waals surface area (Å²) in [5.41, 5.74) is 14.7. The minimum atomic E-state index is -2.58. The number of azide groups is 2. The van der Waals surface area contributed by atoms with Crippen molar-refractivity contribution < 1.29 is 13.6 Å². The standard InChI is InChI=1S/C10H20N6O3P/c1-5-9(6-2,13-15-11)18-20(17)19-10(7-3,8-4)14-16-12/h5-8H2,1-4H3/q+1. The molecule has 20 heavy (non-hydrogen) atoms. The smallest absolute Gasteiger partial charge is 0.106 e. The van der Waals surface area contributed by atoms with Crippen molar-refractivity contribution in [3.63, 3.8) is 0 Å². The van der Waals surface area contributed by atoms with Gasteiger partial charge in [0.05, 0.1) is 0 Å². The highest BCUT2D eigenvalue weighted by atomic mass is 31.1. The van der Waals surface area contributed by atoms with Gasteiger partial charge in [-0.1, -0.05) is 37.9 Å². The molecule has 0 aliphatic carbocycles. The predicted molar refractivity (Wildman–Crippen MR) is 74.7 cm³/mol. The molecule has 0 rings (SSSR count). The van der Waals surface area contributed by atoms with Crippen LogP contribution in [0.3, 0.4) is 0 Å². The third-order valence-corrected chi connectivity index (χ3v) is 4.13. The predicted octanol–water partition coefficient (Wildman–Crippen LogP) is 5.33. The topological polar surface area (TPSA) is 133 Å². The Hall–Kier alpha value is -1.36. The molecule has 0 unspecified atom stereocenters. The zero-order valence-electron chi connectivity index (χ0n) is 12.2. The summed E-state index contributed by atoms with van der Waals surface area (Å²) < 4.78 is 22.5. The van der Waals surface area contributed by atoms with E-state index in [1.165, 1.54) is 0 Å². The molecule has 9 nitrogen and oxygen atoms in total. The molecule has 0 N–H and O–H groups in total. The van der Waals surface area contributed by atoms with Crippen molar-refractivity contribution in [1.82, 2.24) is 0 Å². The van der Waals surface area contributed by atoms with Gasteiger partial charge in [-0.25, -0.2) is 0 Å². The van der Waals surface area contributed by atoms with Crippen molar-refractivity contribution in [3.05, 3.63) is 20.9 Å².